The Morgan fingerprint density at radius 1 is 0.882 bits per heavy atom. The van der Waals surface area contributed by atoms with Crippen molar-refractivity contribution in [2.45, 2.75) is 88.2 Å². The largest absolute Gasteiger partial charge is 0.479 e. The summed E-state index contributed by atoms with van der Waals surface area (Å²) in [6.07, 6.45) is -13.5. The molecule has 2 aliphatic heterocycles. The predicted molar refractivity (Wildman–Crippen MR) is 108 cm³/mol. The number of aliphatic hydroxyl groups is 5. The first-order chi connectivity index (χ1) is 15.9. The molecule has 196 valence electrons. The van der Waals surface area contributed by atoms with E-state index < -0.39 is 98.4 Å². The SMILES string of the molecule is CC(=O)NC1C(O)[C@@H](O)C(CO)O[C@H]1O[C@H]1C(CO)O[C@@H](O)C(NC(C)=O)C1O[C@H](C)C(=O)O. The Bertz CT molecular complexity index is 724. The number of carboxylic acids is 1. The van der Waals surface area contributed by atoms with Gasteiger partial charge in [-0.25, -0.2) is 4.79 Å². The van der Waals surface area contributed by atoms with E-state index in [-0.39, 0.29) is 0 Å². The van der Waals surface area contributed by atoms with Gasteiger partial charge in [-0.1, -0.05) is 0 Å². The maximum atomic E-state index is 11.7. The molecule has 2 amide bonds. The number of carbonyl (C=O) groups is 3. The number of carboxylic acid groups (broad SMARTS) is 1. The Hall–Kier alpha value is -1.95. The number of nitrogens with one attached hydrogen (secondary N) is 2. The monoisotopic (exact) mass is 496 g/mol. The summed E-state index contributed by atoms with van der Waals surface area (Å²) in [5, 5.41) is 64.4. The van der Waals surface area contributed by atoms with Crippen LogP contribution in [0.5, 0.6) is 0 Å². The van der Waals surface area contributed by atoms with Gasteiger partial charge in [0.2, 0.25) is 11.8 Å². The fraction of sp³-hybridized carbons (Fsp3) is 0.842. The van der Waals surface area contributed by atoms with Gasteiger partial charge in [0.1, 0.15) is 48.7 Å². The standard InChI is InChI=1S/C19H32N2O13/c1-6(17(28)29)31-16-12(21-8(3)25)18(30)32-10(5-23)15(16)34-19-11(20-7(2)24)14(27)13(26)9(4-22)33-19/h6,9-16,18-19,22-23,26-27,30H,4-5H2,1-3H3,(H,20,24)(H,21,25)(H,28,29)/t6-,9?,10?,11?,12?,13+,14?,15+,16?,18-,19+/m1/s1. The number of carbonyl (C=O) groups excluding carboxylic acids is 2. The number of amides is 2. The quantitative estimate of drug-likeness (QED) is 0.150. The summed E-state index contributed by atoms with van der Waals surface area (Å²) in [5.74, 6) is -2.60. The minimum atomic E-state index is -1.72. The van der Waals surface area contributed by atoms with Crippen LogP contribution >= 0.6 is 0 Å². The zero-order valence-corrected chi connectivity index (χ0v) is 18.8. The molecule has 0 aromatic rings. The van der Waals surface area contributed by atoms with E-state index in [4.69, 9.17) is 18.9 Å². The normalized spacial score (nSPS) is 39.2. The number of ether oxygens (including phenoxy) is 4. The lowest BCUT2D eigenvalue weighted by Gasteiger charge is -2.48. The fourth-order valence-corrected chi connectivity index (χ4v) is 3.82. The molecule has 2 fully saturated rings. The molecule has 11 atom stereocenters. The lowest BCUT2D eigenvalue weighted by molar-refractivity contribution is -0.333. The van der Waals surface area contributed by atoms with Gasteiger partial charge in [0.05, 0.1) is 13.2 Å². The van der Waals surface area contributed by atoms with Crippen molar-refractivity contribution in [2.24, 2.45) is 0 Å². The summed E-state index contributed by atoms with van der Waals surface area (Å²) in [5.41, 5.74) is 0. The molecule has 0 saturated carbocycles. The van der Waals surface area contributed by atoms with E-state index in [1.54, 1.807) is 0 Å². The Morgan fingerprint density at radius 3 is 1.94 bits per heavy atom. The average Bonchev–Trinajstić information content (AvgIpc) is 2.76. The van der Waals surface area contributed by atoms with Gasteiger partial charge in [0, 0.05) is 13.8 Å². The zero-order chi connectivity index (χ0) is 25.7. The molecule has 15 heteroatoms. The molecule has 0 aliphatic carbocycles. The highest BCUT2D eigenvalue weighted by atomic mass is 16.7. The van der Waals surface area contributed by atoms with Crippen molar-refractivity contribution < 1.29 is 64.0 Å². The Morgan fingerprint density at radius 2 is 1.44 bits per heavy atom. The summed E-state index contributed by atoms with van der Waals surface area (Å²) in [6.45, 7) is 2.00. The van der Waals surface area contributed by atoms with Crippen molar-refractivity contribution in [1.82, 2.24) is 10.6 Å². The number of aliphatic carboxylic acids is 1. The third-order valence-corrected chi connectivity index (χ3v) is 5.47. The second kappa shape index (κ2) is 12.1. The van der Waals surface area contributed by atoms with E-state index in [1.807, 2.05) is 0 Å². The Labute approximate surface area is 194 Å². The van der Waals surface area contributed by atoms with Gasteiger partial charge in [-0.3, -0.25) is 9.59 Å². The molecular formula is C19H32N2O13. The maximum absolute atomic E-state index is 11.7. The molecule has 2 saturated heterocycles. The molecule has 6 unspecified atom stereocenters. The van der Waals surface area contributed by atoms with Crippen molar-refractivity contribution >= 4 is 17.8 Å². The number of hydrogen-bond donors (Lipinski definition) is 8. The van der Waals surface area contributed by atoms with Gasteiger partial charge < -0.3 is 60.2 Å². The molecular weight excluding hydrogens is 464 g/mol. The molecule has 2 aliphatic rings. The molecule has 0 spiro atoms. The Kier molecular flexibility index (Phi) is 10.1. The second-order valence-corrected chi connectivity index (χ2v) is 8.09. The summed E-state index contributed by atoms with van der Waals surface area (Å²) < 4.78 is 22.3. The van der Waals surface area contributed by atoms with Crippen LogP contribution in [0, 0.1) is 0 Å². The highest BCUT2D eigenvalue weighted by Gasteiger charge is 2.52. The minimum Gasteiger partial charge on any atom is -0.479 e. The fourth-order valence-electron chi connectivity index (χ4n) is 3.82. The van der Waals surface area contributed by atoms with Crippen LogP contribution < -0.4 is 10.6 Å². The highest BCUT2D eigenvalue weighted by Crippen LogP contribution is 2.30. The van der Waals surface area contributed by atoms with Gasteiger partial charge >= 0.3 is 5.97 Å². The van der Waals surface area contributed by atoms with E-state index in [0.29, 0.717) is 0 Å². The highest BCUT2D eigenvalue weighted by molar-refractivity contribution is 5.74. The van der Waals surface area contributed by atoms with Crippen LogP contribution in [0.3, 0.4) is 0 Å². The molecule has 2 rings (SSSR count). The second-order valence-electron chi connectivity index (χ2n) is 8.09. The summed E-state index contributed by atoms with van der Waals surface area (Å²) in [7, 11) is 0. The van der Waals surface area contributed by atoms with Crippen LogP contribution in [-0.4, -0.2) is 129 Å². The number of rotatable bonds is 9. The van der Waals surface area contributed by atoms with Crippen molar-refractivity contribution in [3.05, 3.63) is 0 Å². The molecule has 34 heavy (non-hydrogen) atoms. The van der Waals surface area contributed by atoms with E-state index >= 15 is 0 Å². The maximum Gasteiger partial charge on any atom is 0.332 e. The van der Waals surface area contributed by atoms with Crippen molar-refractivity contribution in [3.63, 3.8) is 0 Å². The van der Waals surface area contributed by atoms with Crippen LogP contribution in [0.4, 0.5) is 0 Å². The van der Waals surface area contributed by atoms with Crippen molar-refractivity contribution in [1.29, 1.82) is 0 Å². The molecule has 0 aromatic heterocycles. The lowest BCUT2D eigenvalue weighted by atomic mass is 9.94. The van der Waals surface area contributed by atoms with Gasteiger partial charge in [-0.2, -0.15) is 0 Å². The van der Waals surface area contributed by atoms with Gasteiger partial charge in [0.15, 0.2) is 18.7 Å². The molecule has 8 N–H and O–H groups in total. The summed E-state index contributed by atoms with van der Waals surface area (Å²) >= 11 is 0. The average molecular weight is 496 g/mol. The first kappa shape index (κ1) is 28.3. The zero-order valence-electron chi connectivity index (χ0n) is 18.8. The van der Waals surface area contributed by atoms with Crippen molar-refractivity contribution in [2.75, 3.05) is 13.2 Å². The summed E-state index contributed by atoms with van der Waals surface area (Å²) in [6, 6.07) is -2.71. The molecule has 0 radical (unpaired) electrons. The van der Waals surface area contributed by atoms with Crippen LogP contribution in [0.1, 0.15) is 20.8 Å². The van der Waals surface area contributed by atoms with Gasteiger partial charge in [-0.05, 0) is 6.92 Å². The van der Waals surface area contributed by atoms with E-state index in [9.17, 15) is 45.0 Å². The van der Waals surface area contributed by atoms with Gasteiger partial charge in [0.25, 0.3) is 0 Å². The molecule has 15 nitrogen and oxygen atoms in total. The smallest absolute Gasteiger partial charge is 0.332 e. The van der Waals surface area contributed by atoms with Crippen LogP contribution in [-0.2, 0) is 33.3 Å². The first-order valence-corrected chi connectivity index (χ1v) is 10.6. The van der Waals surface area contributed by atoms with Gasteiger partial charge in [-0.15, -0.1) is 0 Å². The molecule has 0 bridgehead atoms. The number of aliphatic hydroxyl groups excluding tert-OH is 5. The van der Waals surface area contributed by atoms with Crippen LogP contribution in [0.15, 0.2) is 0 Å². The van der Waals surface area contributed by atoms with E-state index in [0.717, 1.165) is 13.8 Å². The Balaban J connectivity index is 2.44. The predicted octanol–water partition coefficient (Wildman–Crippen LogP) is -4.61. The molecule has 2 heterocycles. The van der Waals surface area contributed by atoms with Crippen molar-refractivity contribution in [3.8, 4) is 0 Å². The van der Waals surface area contributed by atoms with Crippen LogP contribution in [0.2, 0.25) is 0 Å². The topological polar surface area (TPSA) is 234 Å². The number of hydrogen-bond acceptors (Lipinski definition) is 12. The van der Waals surface area contributed by atoms with Crippen LogP contribution in [0.25, 0.3) is 0 Å². The summed E-state index contributed by atoms with van der Waals surface area (Å²) in [4.78, 5) is 34.8. The van der Waals surface area contributed by atoms with E-state index in [2.05, 4.69) is 10.6 Å². The first-order valence-electron chi connectivity index (χ1n) is 10.6. The third-order valence-electron chi connectivity index (χ3n) is 5.47. The van der Waals surface area contributed by atoms with E-state index in [1.165, 1.54) is 6.92 Å². The lowest BCUT2D eigenvalue weighted by Crippen LogP contribution is -2.69. The minimum absolute atomic E-state index is 0.616. The third kappa shape index (κ3) is 6.59. The molecule has 0 aromatic carbocycles.